The van der Waals surface area contributed by atoms with Crippen LogP contribution in [0, 0.1) is 5.82 Å². The second-order valence-corrected chi connectivity index (χ2v) is 3.19. The number of nitrogens with one attached hydrogen (secondary N) is 1. The molecule has 1 N–H and O–H groups in total. The minimum Gasteiger partial charge on any atom is -0.349 e. The Morgan fingerprint density at radius 1 is 1.40 bits per heavy atom. The van der Waals surface area contributed by atoms with Crippen LogP contribution in [0.1, 0.15) is 12.5 Å². The number of rotatable bonds is 4. The van der Waals surface area contributed by atoms with Gasteiger partial charge in [0.1, 0.15) is 5.82 Å². The third kappa shape index (κ3) is 3.89. The lowest BCUT2D eigenvalue weighted by molar-refractivity contribution is -0.136. The summed E-state index contributed by atoms with van der Waals surface area (Å²) in [4.78, 5) is 21.4. The molecule has 0 unspecified atom stereocenters. The number of hydrogen-bond donors (Lipinski definition) is 1. The van der Waals surface area contributed by atoms with Gasteiger partial charge in [-0.2, -0.15) is 0 Å². The molecule has 0 heterocycles. The summed E-state index contributed by atoms with van der Waals surface area (Å²) < 4.78 is 12.7. The van der Waals surface area contributed by atoms with Gasteiger partial charge in [0, 0.05) is 13.5 Å². The molecule has 0 aromatic heterocycles. The van der Waals surface area contributed by atoms with Crippen molar-refractivity contribution in [1.82, 2.24) is 5.32 Å². The van der Waals surface area contributed by atoms with Crippen LogP contribution in [0.3, 0.4) is 0 Å². The average Bonchev–Trinajstić information content (AvgIpc) is 2.17. The number of hydrogen-bond acceptors (Lipinski definition) is 2. The lowest BCUT2D eigenvalue weighted by Gasteiger charge is -2.02. The van der Waals surface area contributed by atoms with E-state index in [-0.39, 0.29) is 5.82 Å². The van der Waals surface area contributed by atoms with Crippen molar-refractivity contribution in [2.24, 2.45) is 0 Å². The molecule has 0 saturated heterocycles. The van der Waals surface area contributed by atoms with Crippen LogP contribution < -0.4 is 5.32 Å². The molecule has 0 radical (unpaired) electrons. The fourth-order valence-electron chi connectivity index (χ4n) is 1.14. The maximum absolute atomic E-state index is 12.7. The summed E-state index contributed by atoms with van der Waals surface area (Å²) in [5, 5.41) is 2.44. The van der Waals surface area contributed by atoms with Crippen LogP contribution >= 0.6 is 0 Å². The summed E-state index contributed by atoms with van der Waals surface area (Å²) in [6.07, 6.45) is 0.511. The van der Waals surface area contributed by atoms with Crippen molar-refractivity contribution in [2.75, 3.05) is 6.54 Å². The van der Waals surface area contributed by atoms with Gasteiger partial charge in [0.05, 0.1) is 0 Å². The van der Waals surface area contributed by atoms with Crippen molar-refractivity contribution in [3.63, 3.8) is 0 Å². The Balaban J connectivity index is 2.38. The largest absolute Gasteiger partial charge is 0.349 e. The van der Waals surface area contributed by atoms with Crippen molar-refractivity contribution in [3.8, 4) is 0 Å². The normalized spacial score (nSPS) is 9.73. The molecule has 1 aromatic rings. The molecule has 0 spiro atoms. The van der Waals surface area contributed by atoms with Crippen LogP contribution in [0.15, 0.2) is 24.3 Å². The van der Waals surface area contributed by atoms with Crippen LogP contribution in [0.4, 0.5) is 4.39 Å². The Kier molecular flexibility index (Phi) is 3.97. The van der Waals surface area contributed by atoms with E-state index in [2.05, 4.69) is 5.32 Å². The first-order valence-corrected chi connectivity index (χ1v) is 4.63. The Hall–Kier alpha value is -1.71. The van der Waals surface area contributed by atoms with E-state index >= 15 is 0 Å². The molecule has 4 heteroatoms. The maximum atomic E-state index is 12.7. The van der Waals surface area contributed by atoms with Crippen LogP contribution in [-0.4, -0.2) is 18.2 Å². The Morgan fingerprint density at radius 2 is 2.13 bits per heavy atom. The highest BCUT2D eigenvalue weighted by Gasteiger charge is 2.05. The van der Waals surface area contributed by atoms with Crippen LogP contribution in [0.5, 0.6) is 0 Å². The standard InChI is InChI=1S/C11H12FNO2/c1-8(14)11(15)13-6-5-9-3-2-4-10(12)7-9/h2-4,7H,5-6H2,1H3,(H,13,15). The topological polar surface area (TPSA) is 46.2 Å². The van der Waals surface area contributed by atoms with Gasteiger partial charge in [-0.15, -0.1) is 0 Å². The predicted molar refractivity (Wildman–Crippen MR) is 53.8 cm³/mol. The number of carbonyl (C=O) groups excluding carboxylic acids is 2. The number of amides is 1. The van der Waals surface area contributed by atoms with Gasteiger partial charge < -0.3 is 5.32 Å². The number of benzene rings is 1. The molecular weight excluding hydrogens is 197 g/mol. The molecular formula is C11H12FNO2. The molecule has 80 valence electrons. The summed E-state index contributed by atoms with van der Waals surface area (Å²) in [7, 11) is 0. The summed E-state index contributed by atoms with van der Waals surface area (Å²) >= 11 is 0. The van der Waals surface area contributed by atoms with E-state index in [4.69, 9.17) is 0 Å². The molecule has 0 fully saturated rings. The zero-order valence-corrected chi connectivity index (χ0v) is 8.42. The molecule has 0 aliphatic rings. The van der Waals surface area contributed by atoms with Crippen molar-refractivity contribution in [3.05, 3.63) is 35.6 Å². The second kappa shape index (κ2) is 5.24. The van der Waals surface area contributed by atoms with Gasteiger partial charge in [-0.25, -0.2) is 4.39 Å². The Bertz CT molecular complexity index is 377. The molecule has 15 heavy (non-hydrogen) atoms. The third-order valence-corrected chi connectivity index (χ3v) is 1.91. The second-order valence-electron chi connectivity index (χ2n) is 3.19. The molecule has 0 aliphatic heterocycles. The SMILES string of the molecule is CC(=O)C(=O)NCCc1cccc(F)c1. The maximum Gasteiger partial charge on any atom is 0.287 e. The fraction of sp³-hybridized carbons (Fsp3) is 0.273. The summed E-state index contributed by atoms with van der Waals surface area (Å²) in [5.41, 5.74) is 0.791. The average molecular weight is 209 g/mol. The quantitative estimate of drug-likeness (QED) is 0.754. The van der Waals surface area contributed by atoms with E-state index < -0.39 is 11.7 Å². The number of ketones is 1. The minimum absolute atomic E-state index is 0.301. The molecule has 1 rings (SSSR count). The summed E-state index contributed by atoms with van der Waals surface area (Å²) in [6, 6.07) is 6.14. The van der Waals surface area contributed by atoms with Crippen LogP contribution in [0.2, 0.25) is 0 Å². The molecule has 1 aromatic carbocycles. The number of Topliss-reactive ketones (excluding diaryl/α,β-unsaturated/α-hetero) is 1. The van der Waals surface area contributed by atoms with Crippen molar-refractivity contribution in [2.45, 2.75) is 13.3 Å². The molecule has 0 aliphatic carbocycles. The van der Waals surface area contributed by atoms with E-state index in [0.29, 0.717) is 13.0 Å². The van der Waals surface area contributed by atoms with Crippen molar-refractivity contribution >= 4 is 11.7 Å². The summed E-state index contributed by atoms with van der Waals surface area (Å²) in [5.74, 6) is -1.42. The summed E-state index contributed by atoms with van der Waals surface area (Å²) in [6.45, 7) is 1.54. The Labute approximate surface area is 87.3 Å². The smallest absolute Gasteiger partial charge is 0.287 e. The zero-order chi connectivity index (χ0) is 11.3. The highest BCUT2D eigenvalue weighted by Crippen LogP contribution is 2.03. The van der Waals surface area contributed by atoms with Gasteiger partial charge in [-0.1, -0.05) is 12.1 Å². The van der Waals surface area contributed by atoms with Gasteiger partial charge in [0.15, 0.2) is 0 Å². The van der Waals surface area contributed by atoms with Gasteiger partial charge in [-0.05, 0) is 24.1 Å². The lowest BCUT2D eigenvalue weighted by Crippen LogP contribution is -2.30. The number of halogens is 1. The molecule has 1 amide bonds. The molecule has 0 saturated carbocycles. The molecule has 3 nitrogen and oxygen atoms in total. The first-order valence-electron chi connectivity index (χ1n) is 4.63. The van der Waals surface area contributed by atoms with E-state index in [1.54, 1.807) is 12.1 Å². The molecule has 0 atom stereocenters. The highest BCUT2D eigenvalue weighted by molar-refractivity contribution is 6.35. The van der Waals surface area contributed by atoms with Crippen LogP contribution in [0.25, 0.3) is 0 Å². The first kappa shape index (κ1) is 11.4. The van der Waals surface area contributed by atoms with Crippen molar-refractivity contribution < 1.29 is 14.0 Å². The van der Waals surface area contributed by atoms with Gasteiger partial charge in [0.2, 0.25) is 5.78 Å². The van der Waals surface area contributed by atoms with Gasteiger partial charge in [-0.3, -0.25) is 9.59 Å². The Morgan fingerprint density at radius 3 is 2.73 bits per heavy atom. The first-order chi connectivity index (χ1) is 7.09. The van der Waals surface area contributed by atoms with E-state index in [0.717, 1.165) is 5.56 Å². The number of carbonyl (C=O) groups is 2. The van der Waals surface area contributed by atoms with Crippen LogP contribution in [-0.2, 0) is 16.0 Å². The lowest BCUT2D eigenvalue weighted by atomic mass is 10.1. The highest BCUT2D eigenvalue weighted by atomic mass is 19.1. The minimum atomic E-state index is -0.605. The zero-order valence-electron chi connectivity index (χ0n) is 8.42. The third-order valence-electron chi connectivity index (χ3n) is 1.91. The predicted octanol–water partition coefficient (Wildman–Crippen LogP) is 1.07. The van der Waals surface area contributed by atoms with Gasteiger partial charge >= 0.3 is 0 Å². The monoisotopic (exact) mass is 209 g/mol. The van der Waals surface area contributed by atoms with E-state index in [1.165, 1.54) is 19.1 Å². The van der Waals surface area contributed by atoms with Crippen molar-refractivity contribution in [1.29, 1.82) is 0 Å². The van der Waals surface area contributed by atoms with E-state index in [1.807, 2.05) is 0 Å². The van der Waals surface area contributed by atoms with E-state index in [9.17, 15) is 14.0 Å². The molecule has 0 bridgehead atoms. The van der Waals surface area contributed by atoms with Gasteiger partial charge in [0.25, 0.3) is 5.91 Å². The fourth-order valence-corrected chi connectivity index (χ4v) is 1.14.